The number of aryl methyl sites for hydroxylation is 1. The Morgan fingerprint density at radius 2 is 2.11 bits per heavy atom. The molecule has 6 nitrogen and oxygen atoms in total. The molecule has 3 N–H and O–H groups in total. The molecule has 1 saturated carbocycles. The Kier molecular flexibility index (Phi) is 5.69. The van der Waals surface area contributed by atoms with Crippen LogP contribution in [0.15, 0.2) is 18.2 Å². The number of rotatable bonds is 6. The molecular formula is C22H32N4O2. The molecule has 1 saturated heterocycles. The molecule has 1 aliphatic carbocycles. The molecule has 4 rings (SSSR count). The number of carbonyl (C=O) groups excluding carboxylic acids is 1. The number of H-pyrrole nitrogens is 1. The Morgan fingerprint density at radius 1 is 1.29 bits per heavy atom. The molecule has 6 heteroatoms. The van der Waals surface area contributed by atoms with Gasteiger partial charge in [0.05, 0.1) is 17.6 Å². The summed E-state index contributed by atoms with van der Waals surface area (Å²) in [5.41, 5.74) is 1.85. The van der Waals surface area contributed by atoms with Crippen LogP contribution in [0.4, 0.5) is 0 Å². The zero-order chi connectivity index (χ0) is 19.6. The van der Waals surface area contributed by atoms with E-state index in [0.717, 1.165) is 36.4 Å². The van der Waals surface area contributed by atoms with Crippen LogP contribution in [0.1, 0.15) is 56.3 Å². The maximum absolute atomic E-state index is 13.0. The lowest BCUT2D eigenvalue weighted by molar-refractivity contribution is -0.157. The average Bonchev–Trinajstić information content (AvgIpc) is 3.08. The van der Waals surface area contributed by atoms with Crippen LogP contribution in [-0.2, 0) is 11.3 Å². The Labute approximate surface area is 166 Å². The predicted molar refractivity (Wildman–Crippen MR) is 110 cm³/mol. The summed E-state index contributed by atoms with van der Waals surface area (Å²) < 4.78 is 0. The van der Waals surface area contributed by atoms with Gasteiger partial charge < -0.3 is 20.3 Å². The first-order valence-electron chi connectivity index (χ1n) is 10.7. The van der Waals surface area contributed by atoms with E-state index in [1.165, 1.54) is 37.7 Å². The van der Waals surface area contributed by atoms with Crippen LogP contribution in [0.5, 0.6) is 0 Å². The number of aromatic nitrogens is 2. The molecule has 0 unspecified atom stereocenters. The number of benzene rings is 1. The van der Waals surface area contributed by atoms with Crippen molar-refractivity contribution < 1.29 is 9.90 Å². The molecule has 1 aliphatic heterocycles. The average molecular weight is 385 g/mol. The van der Waals surface area contributed by atoms with Crippen LogP contribution < -0.4 is 5.32 Å². The van der Waals surface area contributed by atoms with E-state index in [2.05, 4.69) is 28.3 Å². The third-order valence-electron chi connectivity index (χ3n) is 6.30. The summed E-state index contributed by atoms with van der Waals surface area (Å²) in [6.07, 6.45) is 7.68. The maximum Gasteiger partial charge on any atom is 0.255 e. The molecule has 0 radical (unpaired) electrons. The molecule has 1 atom stereocenters. The lowest BCUT2D eigenvalue weighted by Gasteiger charge is -2.40. The van der Waals surface area contributed by atoms with Crippen molar-refractivity contribution in [1.29, 1.82) is 0 Å². The van der Waals surface area contributed by atoms with Crippen LogP contribution in [0.3, 0.4) is 0 Å². The zero-order valence-corrected chi connectivity index (χ0v) is 16.8. The van der Waals surface area contributed by atoms with E-state index in [1.807, 2.05) is 17.0 Å². The van der Waals surface area contributed by atoms with Gasteiger partial charge in [-0.1, -0.05) is 25.3 Å². The van der Waals surface area contributed by atoms with Crippen molar-refractivity contribution in [3.05, 3.63) is 29.6 Å². The van der Waals surface area contributed by atoms with E-state index in [1.54, 1.807) is 0 Å². The minimum Gasteiger partial charge on any atom is -0.379 e. The second kappa shape index (κ2) is 8.21. The highest BCUT2D eigenvalue weighted by molar-refractivity contribution is 5.86. The Hall–Kier alpha value is -1.92. The molecule has 152 valence electrons. The summed E-state index contributed by atoms with van der Waals surface area (Å²) in [6, 6.07) is 6.13. The molecule has 2 heterocycles. The van der Waals surface area contributed by atoms with Crippen LogP contribution in [0.25, 0.3) is 11.0 Å². The molecule has 28 heavy (non-hydrogen) atoms. The quantitative estimate of drug-likeness (QED) is 0.715. The van der Waals surface area contributed by atoms with Gasteiger partial charge in [-0.15, -0.1) is 0 Å². The highest BCUT2D eigenvalue weighted by Gasteiger charge is 2.42. The highest BCUT2D eigenvalue weighted by Crippen LogP contribution is 2.28. The number of hydrogen-bond donors (Lipinski definition) is 3. The van der Waals surface area contributed by atoms with Gasteiger partial charge in [-0.2, -0.15) is 0 Å². The molecular weight excluding hydrogens is 352 g/mol. The summed E-state index contributed by atoms with van der Waals surface area (Å²) in [4.78, 5) is 22.7. The molecule has 0 bridgehead atoms. The number of aliphatic hydroxyl groups is 1. The molecule has 2 fully saturated rings. The maximum atomic E-state index is 13.0. The zero-order valence-electron chi connectivity index (χ0n) is 16.8. The van der Waals surface area contributed by atoms with Gasteiger partial charge in [0.25, 0.3) is 5.91 Å². The monoisotopic (exact) mass is 384 g/mol. The fourth-order valence-corrected chi connectivity index (χ4v) is 4.73. The van der Waals surface area contributed by atoms with Crippen LogP contribution in [-0.4, -0.2) is 51.1 Å². The molecule has 2 aromatic rings. The largest absolute Gasteiger partial charge is 0.379 e. The lowest BCUT2D eigenvalue weighted by atomic mass is 9.86. The third kappa shape index (κ3) is 4.23. The van der Waals surface area contributed by atoms with Gasteiger partial charge in [-0.05, 0) is 56.2 Å². The third-order valence-corrected chi connectivity index (χ3v) is 6.30. The van der Waals surface area contributed by atoms with Crippen molar-refractivity contribution in [3.63, 3.8) is 0 Å². The Morgan fingerprint density at radius 3 is 2.93 bits per heavy atom. The molecule has 1 aromatic heterocycles. The number of amides is 1. The van der Waals surface area contributed by atoms with E-state index < -0.39 is 5.60 Å². The van der Waals surface area contributed by atoms with Gasteiger partial charge in [0, 0.05) is 19.6 Å². The lowest BCUT2D eigenvalue weighted by Crippen LogP contribution is -2.58. The number of fused-ring (bicyclic) bond motifs is 1. The highest BCUT2D eigenvalue weighted by atomic mass is 16.3. The Bertz CT molecular complexity index is 827. The first kappa shape index (κ1) is 19.4. The number of aromatic amines is 1. The number of imidazole rings is 1. The van der Waals surface area contributed by atoms with E-state index >= 15 is 0 Å². The van der Waals surface area contributed by atoms with Gasteiger partial charge >= 0.3 is 0 Å². The minimum absolute atomic E-state index is 0.0999. The number of nitrogens with zero attached hydrogens (tertiary/aromatic N) is 2. The standard InChI is InChI=1S/C22H32N4O2/c1-16-8-9-18-19(12-16)25-20(24-18)13-23-15-22(28)10-5-11-26(21(22)27)14-17-6-3-2-4-7-17/h8-9,12,17,23,28H,2-7,10-11,13-15H2,1H3,(H,24,25)/t22-/m1/s1. The van der Waals surface area contributed by atoms with Crippen molar-refractivity contribution in [2.75, 3.05) is 19.6 Å². The van der Waals surface area contributed by atoms with Crippen molar-refractivity contribution in [2.24, 2.45) is 5.92 Å². The number of likely N-dealkylation sites (tertiary alicyclic amines) is 1. The second-order valence-electron chi connectivity index (χ2n) is 8.70. The van der Waals surface area contributed by atoms with Crippen molar-refractivity contribution in [1.82, 2.24) is 20.2 Å². The summed E-state index contributed by atoms with van der Waals surface area (Å²) in [5, 5.41) is 14.3. The number of nitrogens with one attached hydrogen (secondary N) is 2. The normalized spacial score (nSPS) is 24.2. The molecule has 0 spiro atoms. The molecule has 1 amide bonds. The SMILES string of the molecule is Cc1ccc2nc(CNC[C@]3(O)CCCN(CC4CCCCC4)C3=O)[nH]c2c1. The molecule has 1 aromatic carbocycles. The van der Waals surface area contributed by atoms with Crippen LogP contribution in [0.2, 0.25) is 0 Å². The van der Waals surface area contributed by atoms with E-state index in [-0.39, 0.29) is 12.5 Å². The van der Waals surface area contributed by atoms with Crippen LogP contribution in [0, 0.1) is 12.8 Å². The summed E-state index contributed by atoms with van der Waals surface area (Å²) in [7, 11) is 0. The Balaban J connectivity index is 1.33. The van der Waals surface area contributed by atoms with E-state index in [0.29, 0.717) is 18.9 Å². The summed E-state index contributed by atoms with van der Waals surface area (Å²) in [5.74, 6) is 1.33. The number of piperidine rings is 1. The number of carbonyl (C=O) groups is 1. The van der Waals surface area contributed by atoms with E-state index in [4.69, 9.17) is 0 Å². The first-order chi connectivity index (χ1) is 13.5. The van der Waals surface area contributed by atoms with Gasteiger partial charge in [0.1, 0.15) is 5.82 Å². The van der Waals surface area contributed by atoms with Crippen molar-refractivity contribution >= 4 is 16.9 Å². The van der Waals surface area contributed by atoms with E-state index in [9.17, 15) is 9.90 Å². The fraction of sp³-hybridized carbons (Fsp3) is 0.636. The van der Waals surface area contributed by atoms with Gasteiger partial charge in [0.15, 0.2) is 5.60 Å². The van der Waals surface area contributed by atoms with Crippen molar-refractivity contribution in [3.8, 4) is 0 Å². The fourth-order valence-electron chi connectivity index (χ4n) is 4.73. The second-order valence-corrected chi connectivity index (χ2v) is 8.70. The van der Waals surface area contributed by atoms with Gasteiger partial charge in [0.2, 0.25) is 0 Å². The predicted octanol–water partition coefficient (Wildman–Crippen LogP) is 2.89. The summed E-state index contributed by atoms with van der Waals surface area (Å²) in [6.45, 7) is 4.42. The van der Waals surface area contributed by atoms with Crippen LogP contribution >= 0.6 is 0 Å². The smallest absolute Gasteiger partial charge is 0.255 e. The van der Waals surface area contributed by atoms with Gasteiger partial charge in [-0.25, -0.2) is 4.98 Å². The number of hydrogen-bond acceptors (Lipinski definition) is 4. The first-order valence-corrected chi connectivity index (χ1v) is 10.7. The molecule has 2 aliphatic rings. The van der Waals surface area contributed by atoms with Crippen molar-refractivity contribution in [2.45, 2.75) is 64.0 Å². The minimum atomic E-state index is -1.30. The summed E-state index contributed by atoms with van der Waals surface area (Å²) >= 11 is 0. The van der Waals surface area contributed by atoms with Gasteiger partial charge in [-0.3, -0.25) is 4.79 Å². The topological polar surface area (TPSA) is 81.2 Å².